The second-order valence-corrected chi connectivity index (χ2v) is 5.92. The number of hydrogen-bond acceptors (Lipinski definition) is 5. The van der Waals surface area contributed by atoms with Gasteiger partial charge < -0.3 is 24.4 Å². The normalized spacial score (nSPS) is 17.1. The highest BCUT2D eigenvalue weighted by Crippen LogP contribution is 2.29. The number of methoxy groups -OCH3 is 2. The fourth-order valence-electron chi connectivity index (χ4n) is 2.71. The molecule has 1 aliphatic heterocycles. The molecule has 1 aromatic rings. The van der Waals surface area contributed by atoms with Gasteiger partial charge in [0, 0.05) is 19.2 Å². The Bertz CT molecular complexity index is 594. The molecule has 132 valence electrons. The Labute approximate surface area is 148 Å². The van der Waals surface area contributed by atoms with Crippen LogP contribution in [-0.4, -0.2) is 49.9 Å². The number of benzene rings is 1. The molecule has 1 unspecified atom stereocenters. The van der Waals surface area contributed by atoms with Gasteiger partial charge in [-0.3, -0.25) is 4.79 Å². The van der Waals surface area contributed by atoms with Crippen LogP contribution in [0.5, 0.6) is 11.5 Å². The molecular weight excluding hydrogens is 328 g/mol. The first-order chi connectivity index (χ1) is 11.6. The summed E-state index contributed by atoms with van der Waals surface area (Å²) in [5, 5.41) is 3.78. The van der Waals surface area contributed by atoms with Gasteiger partial charge in [0.2, 0.25) is 0 Å². The van der Waals surface area contributed by atoms with Crippen LogP contribution in [0.15, 0.2) is 18.2 Å². The molecule has 7 heteroatoms. The third-order valence-corrected chi connectivity index (χ3v) is 4.34. The molecule has 0 bridgehead atoms. The third kappa shape index (κ3) is 4.50. The highest BCUT2D eigenvalue weighted by molar-refractivity contribution is 7.80. The summed E-state index contributed by atoms with van der Waals surface area (Å²) in [6, 6.07) is 5.49. The smallest absolute Gasteiger partial charge is 0.310 e. The van der Waals surface area contributed by atoms with E-state index in [2.05, 4.69) is 5.32 Å². The number of carbonyl (C=O) groups excluding carboxylic acids is 1. The van der Waals surface area contributed by atoms with Gasteiger partial charge in [0.25, 0.3) is 0 Å². The molecule has 0 saturated carbocycles. The number of rotatable bonds is 5. The number of carbonyl (C=O) groups is 1. The van der Waals surface area contributed by atoms with Gasteiger partial charge in [0.05, 0.1) is 32.4 Å². The van der Waals surface area contributed by atoms with Crippen LogP contribution in [0.1, 0.15) is 19.8 Å². The predicted octanol–water partition coefficient (Wildman–Crippen LogP) is 2.68. The summed E-state index contributed by atoms with van der Waals surface area (Å²) in [4.78, 5) is 14.0. The Morgan fingerprint density at radius 2 is 2.17 bits per heavy atom. The number of anilines is 1. The maximum absolute atomic E-state index is 11.9. The highest BCUT2D eigenvalue weighted by Gasteiger charge is 2.28. The molecule has 2 rings (SSSR count). The van der Waals surface area contributed by atoms with E-state index in [1.54, 1.807) is 20.3 Å². The van der Waals surface area contributed by atoms with Crippen molar-refractivity contribution in [3.8, 4) is 11.5 Å². The summed E-state index contributed by atoms with van der Waals surface area (Å²) in [7, 11) is 3.20. The fourth-order valence-corrected chi connectivity index (χ4v) is 2.99. The van der Waals surface area contributed by atoms with Crippen molar-refractivity contribution in [2.45, 2.75) is 19.8 Å². The minimum Gasteiger partial charge on any atom is -0.497 e. The average Bonchev–Trinajstić information content (AvgIpc) is 2.62. The molecule has 0 aromatic heterocycles. The van der Waals surface area contributed by atoms with Crippen LogP contribution in [0.25, 0.3) is 0 Å². The second-order valence-electron chi connectivity index (χ2n) is 5.53. The van der Waals surface area contributed by atoms with E-state index in [0.717, 1.165) is 25.1 Å². The van der Waals surface area contributed by atoms with Gasteiger partial charge in [0.15, 0.2) is 5.11 Å². The van der Waals surface area contributed by atoms with Crippen LogP contribution in [-0.2, 0) is 9.53 Å². The number of nitrogens with one attached hydrogen (secondary N) is 1. The molecule has 0 amide bonds. The van der Waals surface area contributed by atoms with Crippen LogP contribution in [0.2, 0.25) is 0 Å². The standard InChI is InChI=1S/C17H24N2O4S/c1-4-23-16(20)12-6-5-9-19(11-12)17(24)18-14-8-7-13(21-2)10-15(14)22-3/h7-8,10,12H,4-6,9,11H2,1-3H3,(H,18,24). The molecule has 1 N–H and O–H groups in total. The summed E-state index contributed by atoms with van der Waals surface area (Å²) in [6.07, 6.45) is 1.74. The SMILES string of the molecule is CCOC(=O)C1CCCN(C(=S)Nc2ccc(OC)cc2OC)C1. The summed E-state index contributed by atoms with van der Waals surface area (Å²) in [6.45, 7) is 3.62. The summed E-state index contributed by atoms with van der Waals surface area (Å²) in [5.74, 6) is 1.09. The zero-order chi connectivity index (χ0) is 17.5. The van der Waals surface area contributed by atoms with Crippen LogP contribution in [0, 0.1) is 5.92 Å². The molecule has 0 spiro atoms. The van der Waals surface area contributed by atoms with Gasteiger partial charge >= 0.3 is 5.97 Å². The molecule has 1 aromatic carbocycles. The van der Waals surface area contributed by atoms with Gasteiger partial charge in [-0.1, -0.05) is 0 Å². The maximum atomic E-state index is 11.9. The third-order valence-electron chi connectivity index (χ3n) is 3.98. The van der Waals surface area contributed by atoms with Crippen LogP contribution < -0.4 is 14.8 Å². The van der Waals surface area contributed by atoms with E-state index in [4.69, 9.17) is 26.4 Å². The average molecular weight is 352 g/mol. The molecule has 24 heavy (non-hydrogen) atoms. The van der Waals surface area contributed by atoms with Gasteiger partial charge in [-0.05, 0) is 44.1 Å². The number of thiocarbonyl (C=S) groups is 1. The van der Waals surface area contributed by atoms with E-state index < -0.39 is 0 Å². The van der Waals surface area contributed by atoms with Gasteiger partial charge in [0.1, 0.15) is 11.5 Å². The lowest BCUT2D eigenvalue weighted by molar-refractivity contribution is -0.149. The largest absolute Gasteiger partial charge is 0.497 e. The number of ether oxygens (including phenoxy) is 3. The molecule has 0 radical (unpaired) electrons. The Hall–Kier alpha value is -2.02. The minimum atomic E-state index is -0.146. The Morgan fingerprint density at radius 1 is 1.38 bits per heavy atom. The molecule has 1 saturated heterocycles. The van der Waals surface area contributed by atoms with E-state index in [9.17, 15) is 4.79 Å². The number of nitrogens with zero attached hydrogens (tertiary/aromatic N) is 1. The Morgan fingerprint density at radius 3 is 2.83 bits per heavy atom. The lowest BCUT2D eigenvalue weighted by Gasteiger charge is -2.33. The minimum absolute atomic E-state index is 0.129. The van der Waals surface area contributed by atoms with E-state index in [1.165, 1.54) is 0 Å². The topological polar surface area (TPSA) is 60.0 Å². The zero-order valence-corrected chi connectivity index (χ0v) is 15.1. The summed E-state index contributed by atoms with van der Waals surface area (Å²) >= 11 is 5.50. The van der Waals surface area contributed by atoms with Crippen molar-refractivity contribution in [3.05, 3.63) is 18.2 Å². The van der Waals surface area contributed by atoms with Crippen molar-refractivity contribution < 1.29 is 19.0 Å². The molecule has 1 heterocycles. The monoisotopic (exact) mass is 352 g/mol. The Kier molecular flexibility index (Phi) is 6.66. The second kappa shape index (κ2) is 8.73. The predicted molar refractivity (Wildman–Crippen MR) is 96.7 cm³/mol. The van der Waals surface area contributed by atoms with Gasteiger partial charge in [-0.25, -0.2) is 0 Å². The van der Waals surface area contributed by atoms with Crippen LogP contribution in [0.4, 0.5) is 5.69 Å². The Balaban J connectivity index is 2.02. The fraction of sp³-hybridized carbons (Fsp3) is 0.529. The molecular formula is C17H24N2O4S. The molecule has 1 atom stereocenters. The maximum Gasteiger partial charge on any atom is 0.310 e. The lowest BCUT2D eigenvalue weighted by atomic mass is 9.98. The number of likely N-dealkylation sites (tertiary alicyclic amines) is 1. The van der Waals surface area contributed by atoms with Crippen molar-refractivity contribution in [1.82, 2.24) is 4.90 Å². The lowest BCUT2D eigenvalue weighted by Crippen LogP contribution is -2.44. The van der Waals surface area contributed by atoms with E-state index in [-0.39, 0.29) is 11.9 Å². The first-order valence-corrected chi connectivity index (χ1v) is 8.44. The summed E-state index contributed by atoms with van der Waals surface area (Å²) < 4.78 is 15.7. The van der Waals surface area contributed by atoms with Gasteiger partial charge in [-0.2, -0.15) is 0 Å². The van der Waals surface area contributed by atoms with Crippen molar-refractivity contribution in [1.29, 1.82) is 0 Å². The first-order valence-electron chi connectivity index (χ1n) is 8.03. The molecule has 0 aliphatic carbocycles. The highest BCUT2D eigenvalue weighted by atomic mass is 32.1. The van der Waals surface area contributed by atoms with Crippen molar-refractivity contribution in [3.63, 3.8) is 0 Å². The zero-order valence-electron chi connectivity index (χ0n) is 14.3. The number of piperidine rings is 1. The first kappa shape index (κ1) is 18.3. The van der Waals surface area contributed by atoms with Crippen LogP contribution in [0.3, 0.4) is 0 Å². The van der Waals surface area contributed by atoms with E-state index in [1.807, 2.05) is 24.0 Å². The van der Waals surface area contributed by atoms with E-state index >= 15 is 0 Å². The summed E-state index contributed by atoms with van der Waals surface area (Å²) in [5.41, 5.74) is 0.765. The van der Waals surface area contributed by atoms with Crippen molar-refractivity contribution >= 4 is 29.0 Å². The quantitative estimate of drug-likeness (QED) is 0.646. The molecule has 1 aliphatic rings. The number of hydrogen-bond donors (Lipinski definition) is 1. The van der Waals surface area contributed by atoms with Crippen molar-refractivity contribution in [2.75, 3.05) is 39.2 Å². The molecule has 6 nitrogen and oxygen atoms in total. The van der Waals surface area contributed by atoms with Crippen LogP contribution >= 0.6 is 12.2 Å². The molecule has 1 fully saturated rings. The van der Waals surface area contributed by atoms with Gasteiger partial charge in [-0.15, -0.1) is 0 Å². The number of esters is 1. The van der Waals surface area contributed by atoms with E-state index in [0.29, 0.717) is 29.8 Å². The van der Waals surface area contributed by atoms with Crippen molar-refractivity contribution in [2.24, 2.45) is 5.92 Å².